The van der Waals surface area contributed by atoms with Crippen molar-refractivity contribution in [3.63, 3.8) is 0 Å². The van der Waals surface area contributed by atoms with E-state index in [1.807, 2.05) is 4.90 Å². The topological polar surface area (TPSA) is 40.5 Å². The van der Waals surface area contributed by atoms with E-state index in [9.17, 15) is 9.18 Å². The summed E-state index contributed by atoms with van der Waals surface area (Å²) in [4.78, 5) is 12.9. The quantitative estimate of drug-likeness (QED) is 0.886. The van der Waals surface area contributed by atoms with E-state index in [4.69, 9.17) is 16.7 Å². The molecule has 1 unspecified atom stereocenters. The average molecular weight is 258 g/mol. The molecule has 1 atom stereocenters. The zero-order chi connectivity index (χ0) is 12.4. The minimum Gasteiger partial charge on any atom is -0.481 e. The van der Waals surface area contributed by atoms with Crippen LogP contribution in [0.15, 0.2) is 18.2 Å². The molecule has 1 aromatic rings. The molecule has 0 bridgehead atoms. The third-order valence-electron chi connectivity index (χ3n) is 3.04. The van der Waals surface area contributed by atoms with E-state index >= 15 is 0 Å². The van der Waals surface area contributed by atoms with Crippen LogP contribution >= 0.6 is 11.6 Å². The Kier molecular flexibility index (Phi) is 3.52. The van der Waals surface area contributed by atoms with E-state index in [-0.39, 0.29) is 10.9 Å². The molecule has 1 saturated heterocycles. The molecule has 1 aliphatic rings. The molecular weight excluding hydrogens is 245 g/mol. The van der Waals surface area contributed by atoms with Gasteiger partial charge in [-0.3, -0.25) is 4.79 Å². The Balaban J connectivity index is 2.16. The number of anilines is 1. The lowest BCUT2D eigenvalue weighted by atomic mass is 9.98. The summed E-state index contributed by atoms with van der Waals surface area (Å²) >= 11 is 5.71. The number of carboxylic acids is 1. The number of rotatable bonds is 2. The molecule has 0 aliphatic carbocycles. The molecule has 1 heterocycles. The number of hydrogen-bond donors (Lipinski definition) is 1. The number of aliphatic carboxylic acids is 1. The second-order valence-corrected chi connectivity index (χ2v) is 4.63. The summed E-state index contributed by atoms with van der Waals surface area (Å²) in [6, 6.07) is 4.48. The van der Waals surface area contributed by atoms with Crippen LogP contribution in [0, 0.1) is 11.7 Å². The standard InChI is InChI=1S/C12H13ClFNO2/c13-10-6-9(3-4-11(10)14)15-5-1-2-8(7-15)12(16)17/h3-4,6,8H,1-2,5,7H2,(H,16,17). The first-order chi connectivity index (χ1) is 8.08. The Labute approximate surface area is 104 Å². The number of benzene rings is 1. The van der Waals surface area contributed by atoms with Crippen LogP contribution in [-0.2, 0) is 4.79 Å². The molecule has 1 aromatic carbocycles. The monoisotopic (exact) mass is 257 g/mol. The van der Waals surface area contributed by atoms with Crippen molar-refractivity contribution in [1.82, 2.24) is 0 Å². The van der Waals surface area contributed by atoms with Gasteiger partial charge in [-0.05, 0) is 31.0 Å². The lowest BCUT2D eigenvalue weighted by Gasteiger charge is -2.32. The van der Waals surface area contributed by atoms with Gasteiger partial charge in [0.2, 0.25) is 0 Å². The van der Waals surface area contributed by atoms with Crippen LogP contribution in [0.3, 0.4) is 0 Å². The first kappa shape index (κ1) is 12.2. The van der Waals surface area contributed by atoms with Crippen LogP contribution in [0.5, 0.6) is 0 Å². The lowest BCUT2D eigenvalue weighted by Crippen LogP contribution is -2.38. The van der Waals surface area contributed by atoms with Crippen LogP contribution in [0.4, 0.5) is 10.1 Å². The molecule has 0 aromatic heterocycles. The molecule has 0 amide bonds. The van der Waals surface area contributed by atoms with Gasteiger partial charge in [0.1, 0.15) is 5.82 Å². The smallest absolute Gasteiger partial charge is 0.308 e. The van der Waals surface area contributed by atoms with Crippen molar-refractivity contribution >= 4 is 23.3 Å². The third-order valence-corrected chi connectivity index (χ3v) is 3.33. The van der Waals surface area contributed by atoms with Gasteiger partial charge >= 0.3 is 5.97 Å². The Morgan fingerprint density at radius 2 is 2.29 bits per heavy atom. The number of carboxylic acid groups (broad SMARTS) is 1. The first-order valence-electron chi connectivity index (χ1n) is 5.50. The van der Waals surface area contributed by atoms with Crippen LogP contribution in [0.1, 0.15) is 12.8 Å². The molecule has 1 N–H and O–H groups in total. The third kappa shape index (κ3) is 2.69. The normalized spacial score (nSPS) is 20.4. The Morgan fingerprint density at radius 1 is 1.53 bits per heavy atom. The van der Waals surface area contributed by atoms with Crippen LogP contribution in [-0.4, -0.2) is 24.2 Å². The van der Waals surface area contributed by atoms with Crippen molar-refractivity contribution in [3.8, 4) is 0 Å². The predicted molar refractivity (Wildman–Crippen MR) is 64.0 cm³/mol. The zero-order valence-corrected chi connectivity index (χ0v) is 9.95. The molecule has 92 valence electrons. The van der Waals surface area contributed by atoms with E-state index in [0.717, 1.165) is 18.7 Å². The van der Waals surface area contributed by atoms with E-state index in [1.165, 1.54) is 6.07 Å². The first-order valence-corrected chi connectivity index (χ1v) is 5.88. The van der Waals surface area contributed by atoms with Gasteiger partial charge in [-0.25, -0.2) is 4.39 Å². The summed E-state index contributed by atoms with van der Waals surface area (Å²) in [5.74, 6) is -1.59. The van der Waals surface area contributed by atoms with Gasteiger partial charge in [0.05, 0.1) is 10.9 Å². The maximum Gasteiger partial charge on any atom is 0.308 e. The van der Waals surface area contributed by atoms with E-state index < -0.39 is 11.8 Å². The number of halogens is 2. The van der Waals surface area contributed by atoms with Crippen LogP contribution in [0.2, 0.25) is 5.02 Å². The molecule has 0 radical (unpaired) electrons. The summed E-state index contributed by atoms with van der Waals surface area (Å²) in [7, 11) is 0. The summed E-state index contributed by atoms with van der Waals surface area (Å²) in [5.41, 5.74) is 0.780. The minimum atomic E-state index is -0.775. The van der Waals surface area contributed by atoms with Crippen molar-refractivity contribution in [3.05, 3.63) is 29.0 Å². The molecule has 3 nitrogen and oxygen atoms in total. The van der Waals surface area contributed by atoms with Gasteiger partial charge in [-0.2, -0.15) is 0 Å². The summed E-state index contributed by atoms with van der Waals surface area (Å²) < 4.78 is 13.0. The van der Waals surface area contributed by atoms with Gasteiger partial charge in [-0.15, -0.1) is 0 Å². The van der Waals surface area contributed by atoms with Crippen molar-refractivity contribution in [2.75, 3.05) is 18.0 Å². The Morgan fingerprint density at radius 3 is 2.94 bits per heavy atom. The maximum atomic E-state index is 13.0. The van der Waals surface area contributed by atoms with Crippen molar-refractivity contribution in [2.45, 2.75) is 12.8 Å². The molecule has 0 saturated carbocycles. The fourth-order valence-electron chi connectivity index (χ4n) is 2.09. The van der Waals surface area contributed by atoms with Gasteiger partial charge in [0.15, 0.2) is 0 Å². The van der Waals surface area contributed by atoms with Gasteiger partial charge in [-0.1, -0.05) is 11.6 Å². The lowest BCUT2D eigenvalue weighted by molar-refractivity contribution is -0.141. The molecule has 0 spiro atoms. The predicted octanol–water partition coefficient (Wildman–Crippen LogP) is 2.78. The summed E-state index contributed by atoms with van der Waals surface area (Å²) in [5, 5.41) is 9.06. The average Bonchev–Trinajstić information content (AvgIpc) is 2.33. The van der Waals surface area contributed by atoms with Gasteiger partial charge in [0.25, 0.3) is 0 Å². The summed E-state index contributed by atoms with van der Waals surface area (Å²) in [6.45, 7) is 1.24. The van der Waals surface area contributed by atoms with Gasteiger partial charge in [0, 0.05) is 18.8 Å². The molecule has 5 heteroatoms. The summed E-state index contributed by atoms with van der Waals surface area (Å²) in [6.07, 6.45) is 1.52. The number of hydrogen-bond acceptors (Lipinski definition) is 2. The fraction of sp³-hybridized carbons (Fsp3) is 0.417. The highest BCUT2D eigenvalue weighted by Gasteiger charge is 2.25. The Hall–Kier alpha value is -1.29. The molecule has 17 heavy (non-hydrogen) atoms. The highest BCUT2D eigenvalue weighted by molar-refractivity contribution is 6.31. The van der Waals surface area contributed by atoms with Crippen molar-refractivity contribution in [2.24, 2.45) is 5.92 Å². The molecule has 2 rings (SSSR count). The number of piperidine rings is 1. The van der Waals surface area contributed by atoms with Crippen LogP contribution < -0.4 is 4.90 Å². The largest absolute Gasteiger partial charge is 0.481 e. The zero-order valence-electron chi connectivity index (χ0n) is 9.20. The van der Waals surface area contributed by atoms with E-state index in [2.05, 4.69) is 0 Å². The van der Waals surface area contributed by atoms with Gasteiger partial charge < -0.3 is 10.0 Å². The van der Waals surface area contributed by atoms with Crippen molar-refractivity contribution < 1.29 is 14.3 Å². The molecular formula is C12H13ClFNO2. The SMILES string of the molecule is O=C(O)C1CCCN(c2ccc(F)c(Cl)c2)C1. The van der Waals surface area contributed by atoms with E-state index in [1.54, 1.807) is 12.1 Å². The second kappa shape index (κ2) is 4.92. The molecule has 1 fully saturated rings. The van der Waals surface area contributed by atoms with E-state index in [0.29, 0.717) is 13.0 Å². The fourth-order valence-corrected chi connectivity index (χ4v) is 2.27. The van der Waals surface area contributed by atoms with Crippen LogP contribution in [0.25, 0.3) is 0 Å². The highest BCUT2D eigenvalue weighted by Crippen LogP contribution is 2.27. The number of nitrogens with zero attached hydrogens (tertiary/aromatic N) is 1. The number of carbonyl (C=O) groups is 1. The highest BCUT2D eigenvalue weighted by atomic mass is 35.5. The van der Waals surface area contributed by atoms with Crippen molar-refractivity contribution in [1.29, 1.82) is 0 Å². The Bertz CT molecular complexity index is 439. The second-order valence-electron chi connectivity index (χ2n) is 4.22. The minimum absolute atomic E-state index is 0.0694. The molecule has 1 aliphatic heterocycles. The maximum absolute atomic E-state index is 13.0.